The normalized spacial score (nSPS) is 9.50. The van der Waals surface area contributed by atoms with Crippen LogP contribution >= 0.6 is 0 Å². The van der Waals surface area contributed by atoms with Crippen LogP contribution in [0.25, 0.3) is 0 Å². The predicted molar refractivity (Wildman–Crippen MR) is 47.6 cm³/mol. The van der Waals surface area contributed by atoms with Crippen molar-refractivity contribution in [2.75, 3.05) is 7.05 Å². The molecule has 0 atom stereocenters. The SMILES string of the molecule is CNOC(=O)c1cccc([N+](=O)[O-])c1. The number of hydrogen-bond acceptors (Lipinski definition) is 5. The van der Waals surface area contributed by atoms with E-state index in [9.17, 15) is 14.9 Å². The maximum atomic E-state index is 11.1. The summed E-state index contributed by atoms with van der Waals surface area (Å²) in [6.45, 7) is 0. The maximum absolute atomic E-state index is 11.1. The van der Waals surface area contributed by atoms with Crippen molar-refractivity contribution in [1.82, 2.24) is 5.48 Å². The Labute approximate surface area is 79.6 Å². The molecular weight excluding hydrogens is 188 g/mol. The van der Waals surface area contributed by atoms with Crippen molar-refractivity contribution in [3.8, 4) is 0 Å². The molecule has 0 heterocycles. The summed E-state index contributed by atoms with van der Waals surface area (Å²) >= 11 is 0. The molecule has 0 aliphatic heterocycles. The number of hydroxylamine groups is 1. The number of nitro groups is 1. The first-order valence-corrected chi connectivity index (χ1v) is 3.77. The lowest BCUT2D eigenvalue weighted by molar-refractivity contribution is -0.384. The highest BCUT2D eigenvalue weighted by atomic mass is 16.7. The zero-order valence-corrected chi connectivity index (χ0v) is 7.39. The Hall–Kier alpha value is -1.95. The first-order valence-electron chi connectivity index (χ1n) is 3.77. The first-order chi connectivity index (χ1) is 6.65. The number of rotatable bonds is 3. The fourth-order valence-electron chi connectivity index (χ4n) is 0.898. The molecule has 0 bridgehead atoms. The molecule has 1 aromatic carbocycles. The molecule has 74 valence electrons. The van der Waals surface area contributed by atoms with Gasteiger partial charge in [0.1, 0.15) is 0 Å². The number of non-ortho nitro benzene ring substituents is 1. The second kappa shape index (κ2) is 4.33. The highest BCUT2D eigenvalue weighted by molar-refractivity contribution is 5.89. The smallest absolute Gasteiger partial charge is 0.357 e. The van der Waals surface area contributed by atoms with E-state index in [-0.39, 0.29) is 11.3 Å². The lowest BCUT2D eigenvalue weighted by Gasteiger charge is -2.00. The summed E-state index contributed by atoms with van der Waals surface area (Å²) < 4.78 is 0. The zero-order chi connectivity index (χ0) is 10.6. The predicted octanol–water partition coefficient (Wildman–Crippen LogP) is 0.886. The van der Waals surface area contributed by atoms with E-state index in [1.165, 1.54) is 25.2 Å². The molecule has 0 radical (unpaired) electrons. The van der Waals surface area contributed by atoms with Gasteiger partial charge < -0.3 is 4.84 Å². The van der Waals surface area contributed by atoms with E-state index in [1.807, 2.05) is 0 Å². The summed E-state index contributed by atoms with van der Waals surface area (Å²) in [5, 5.41) is 10.4. The average molecular weight is 196 g/mol. The Bertz CT molecular complexity index is 364. The summed E-state index contributed by atoms with van der Waals surface area (Å²) in [4.78, 5) is 25.4. The van der Waals surface area contributed by atoms with Crippen molar-refractivity contribution in [2.45, 2.75) is 0 Å². The molecule has 0 saturated carbocycles. The van der Waals surface area contributed by atoms with E-state index in [2.05, 4.69) is 10.3 Å². The molecule has 0 aliphatic rings. The molecule has 0 fully saturated rings. The molecule has 0 amide bonds. The van der Waals surface area contributed by atoms with Crippen LogP contribution in [-0.4, -0.2) is 17.9 Å². The molecule has 14 heavy (non-hydrogen) atoms. The van der Waals surface area contributed by atoms with Gasteiger partial charge in [-0.1, -0.05) is 6.07 Å². The van der Waals surface area contributed by atoms with Gasteiger partial charge in [-0.25, -0.2) is 4.79 Å². The number of benzene rings is 1. The van der Waals surface area contributed by atoms with Crippen LogP contribution in [0.1, 0.15) is 10.4 Å². The van der Waals surface area contributed by atoms with Gasteiger partial charge >= 0.3 is 5.97 Å². The topological polar surface area (TPSA) is 81.5 Å². The van der Waals surface area contributed by atoms with Crippen molar-refractivity contribution in [2.24, 2.45) is 0 Å². The average Bonchev–Trinajstić information content (AvgIpc) is 2.18. The Morgan fingerprint density at radius 3 is 2.86 bits per heavy atom. The third-order valence-corrected chi connectivity index (χ3v) is 1.49. The Balaban J connectivity index is 2.93. The van der Waals surface area contributed by atoms with E-state index in [1.54, 1.807) is 0 Å². The van der Waals surface area contributed by atoms with Crippen LogP contribution in [0, 0.1) is 10.1 Å². The number of hydrogen-bond donors (Lipinski definition) is 1. The van der Waals surface area contributed by atoms with Gasteiger partial charge in [-0.05, 0) is 6.07 Å². The minimum Gasteiger partial charge on any atom is -0.367 e. The quantitative estimate of drug-likeness (QED) is 0.573. The van der Waals surface area contributed by atoms with Crippen LogP contribution in [0.3, 0.4) is 0 Å². The summed E-state index contributed by atoms with van der Waals surface area (Å²) in [5.41, 5.74) is 2.19. The van der Waals surface area contributed by atoms with Crippen molar-refractivity contribution in [1.29, 1.82) is 0 Å². The van der Waals surface area contributed by atoms with Crippen LogP contribution < -0.4 is 5.48 Å². The van der Waals surface area contributed by atoms with Crippen molar-refractivity contribution in [3.63, 3.8) is 0 Å². The standard InChI is InChI=1S/C8H8N2O4/c1-9-14-8(11)6-3-2-4-7(5-6)10(12)13/h2-5,9H,1H3. The molecule has 1 rings (SSSR count). The Morgan fingerprint density at radius 2 is 2.29 bits per heavy atom. The van der Waals surface area contributed by atoms with Crippen molar-refractivity contribution in [3.05, 3.63) is 39.9 Å². The van der Waals surface area contributed by atoms with Gasteiger partial charge in [0.2, 0.25) is 0 Å². The molecule has 0 saturated heterocycles. The minimum absolute atomic E-state index is 0.133. The molecule has 0 unspecified atom stereocenters. The van der Waals surface area contributed by atoms with E-state index in [0.717, 1.165) is 6.07 Å². The fourth-order valence-corrected chi connectivity index (χ4v) is 0.898. The lowest BCUT2D eigenvalue weighted by atomic mass is 10.2. The summed E-state index contributed by atoms with van der Waals surface area (Å²) in [5.74, 6) is -0.656. The monoisotopic (exact) mass is 196 g/mol. The number of nitrogens with zero attached hydrogens (tertiary/aromatic N) is 1. The van der Waals surface area contributed by atoms with E-state index >= 15 is 0 Å². The lowest BCUT2D eigenvalue weighted by Crippen LogP contribution is -2.15. The molecule has 1 N–H and O–H groups in total. The van der Waals surface area contributed by atoms with Crippen LogP contribution in [0.4, 0.5) is 5.69 Å². The van der Waals surface area contributed by atoms with Gasteiger partial charge in [0.15, 0.2) is 0 Å². The third-order valence-electron chi connectivity index (χ3n) is 1.49. The number of nitro benzene ring substituents is 1. The van der Waals surface area contributed by atoms with Crippen molar-refractivity contribution >= 4 is 11.7 Å². The van der Waals surface area contributed by atoms with Crippen LogP contribution in [0.5, 0.6) is 0 Å². The second-order valence-corrected chi connectivity index (χ2v) is 2.40. The maximum Gasteiger partial charge on any atom is 0.357 e. The highest BCUT2D eigenvalue weighted by Gasteiger charge is 2.11. The third kappa shape index (κ3) is 2.27. The first kappa shape index (κ1) is 10.1. The Morgan fingerprint density at radius 1 is 1.57 bits per heavy atom. The van der Waals surface area contributed by atoms with Gasteiger partial charge in [-0.3, -0.25) is 10.1 Å². The van der Waals surface area contributed by atoms with Crippen molar-refractivity contribution < 1.29 is 14.6 Å². The highest BCUT2D eigenvalue weighted by Crippen LogP contribution is 2.13. The van der Waals surface area contributed by atoms with E-state index < -0.39 is 10.9 Å². The number of nitrogens with one attached hydrogen (secondary N) is 1. The summed E-state index contributed by atoms with van der Waals surface area (Å²) in [7, 11) is 1.43. The summed E-state index contributed by atoms with van der Waals surface area (Å²) in [6.07, 6.45) is 0. The molecular formula is C8H8N2O4. The van der Waals surface area contributed by atoms with Gasteiger partial charge in [0, 0.05) is 19.2 Å². The van der Waals surface area contributed by atoms with Gasteiger partial charge in [-0.2, -0.15) is 5.48 Å². The summed E-state index contributed by atoms with van der Waals surface area (Å²) in [6, 6.07) is 5.31. The molecule has 6 heteroatoms. The second-order valence-electron chi connectivity index (χ2n) is 2.40. The number of carbonyl (C=O) groups excluding carboxylic acids is 1. The number of carbonyl (C=O) groups is 1. The van der Waals surface area contributed by atoms with Crippen LogP contribution in [0.2, 0.25) is 0 Å². The molecule has 6 nitrogen and oxygen atoms in total. The largest absolute Gasteiger partial charge is 0.367 e. The Kier molecular flexibility index (Phi) is 3.14. The fraction of sp³-hybridized carbons (Fsp3) is 0.125. The molecule has 0 aliphatic carbocycles. The molecule has 0 aromatic heterocycles. The van der Waals surface area contributed by atoms with E-state index in [4.69, 9.17) is 0 Å². The molecule has 0 spiro atoms. The molecule has 1 aromatic rings. The minimum atomic E-state index is -0.656. The van der Waals surface area contributed by atoms with Gasteiger partial charge in [0.25, 0.3) is 5.69 Å². The van der Waals surface area contributed by atoms with E-state index in [0.29, 0.717) is 0 Å². The van der Waals surface area contributed by atoms with Gasteiger partial charge in [0.05, 0.1) is 10.5 Å². The van der Waals surface area contributed by atoms with Crippen LogP contribution in [-0.2, 0) is 4.84 Å². The van der Waals surface area contributed by atoms with Gasteiger partial charge in [-0.15, -0.1) is 0 Å². The zero-order valence-electron chi connectivity index (χ0n) is 7.39. The van der Waals surface area contributed by atoms with Crippen LogP contribution in [0.15, 0.2) is 24.3 Å².